The molecule has 3 nitrogen and oxygen atoms in total. The Morgan fingerprint density at radius 2 is 2.07 bits per heavy atom. The zero-order valence-electron chi connectivity index (χ0n) is 9.71. The maximum absolute atomic E-state index is 3.40. The van der Waals surface area contributed by atoms with E-state index < -0.39 is 0 Å². The van der Waals surface area contributed by atoms with Gasteiger partial charge in [-0.1, -0.05) is 0 Å². The van der Waals surface area contributed by atoms with Gasteiger partial charge in [0.25, 0.3) is 0 Å². The van der Waals surface area contributed by atoms with Crippen molar-refractivity contribution in [1.29, 1.82) is 0 Å². The van der Waals surface area contributed by atoms with Gasteiger partial charge in [0.05, 0.1) is 0 Å². The Balaban J connectivity index is 1.98. The lowest BCUT2D eigenvalue weighted by molar-refractivity contribution is 0.103. The highest BCUT2D eigenvalue weighted by molar-refractivity contribution is 5.08. The Morgan fingerprint density at radius 3 is 2.67 bits per heavy atom. The average molecular weight is 207 g/mol. The van der Waals surface area contributed by atoms with Crippen molar-refractivity contribution >= 4 is 0 Å². The van der Waals surface area contributed by atoms with Crippen LogP contribution >= 0.6 is 0 Å². The van der Waals surface area contributed by atoms with E-state index in [9.17, 15) is 0 Å². The lowest BCUT2D eigenvalue weighted by Gasteiger charge is -2.41. The molecule has 2 N–H and O–H groups in total. The lowest BCUT2D eigenvalue weighted by Crippen LogP contribution is -2.54. The second kappa shape index (κ2) is 4.37. The van der Waals surface area contributed by atoms with Crippen molar-refractivity contribution in [3.8, 4) is 0 Å². The number of nitrogens with zero attached hydrogens (tertiary/aromatic N) is 1. The van der Waals surface area contributed by atoms with Crippen molar-refractivity contribution in [2.75, 3.05) is 26.2 Å². The van der Waals surface area contributed by atoms with Crippen LogP contribution in [0.15, 0.2) is 18.3 Å². The molecule has 0 saturated carbocycles. The maximum Gasteiger partial charge on any atom is 0.0208 e. The number of rotatable bonds is 3. The van der Waals surface area contributed by atoms with E-state index in [2.05, 4.69) is 41.2 Å². The molecule has 1 aromatic heterocycles. The molecule has 1 saturated heterocycles. The lowest BCUT2D eigenvalue weighted by atomic mass is 9.95. The van der Waals surface area contributed by atoms with Gasteiger partial charge < -0.3 is 10.3 Å². The molecule has 0 spiro atoms. The molecule has 0 radical (unpaired) electrons. The topological polar surface area (TPSA) is 31.1 Å². The molecule has 1 aliphatic heterocycles. The largest absolute Gasteiger partial charge is 0.365 e. The number of hydrogen-bond acceptors (Lipinski definition) is 2. The molecule has 84 valence electrons. The van der Waals surface area contributed by atoms with E-state index in [-0.39, 0.29) is 5.54 Å². The summed E-state index contributed by atoms with van der Waals surface area (Å²) >= 11 is 0. The van der Waals surface area contributed by atoms with Crippen molar-refractivity contribution < 1.29 is 0 Å². The zero-order valence-corrected chi connectivity index (χ0v) is 9.71. The predicted octanol–water partition coefficient (Wildman–Crippen LogP) is 1.24. The summed E-state index contributed by atoms with van der Waals surface area (Å²) in [4.78, 5) is 5.86. The predicted molar refractivity (Wildman–Crippen MR) is 63.0 cm³/mol. The van der Waals surface area contributed by atoms with E-state index in [4.69, 9.17) is 0 Å². The van der Waals surface area contributed by atoms with E-state index in [0.29, 0.717) is 0 Å². The van der Waals surface area contributed by atoms with Crippen LogP contribution in [-0.2, 0) is 6.42 Å². The zero-order chi connectivity index (χ0) is 10.7. The molecule has 2 heterocycles. The fourth-order valence-electron chi connectivity index (χ4n) is 2.33. The fraction of sp³-hybridized carbons (Fsp3) is 0.667. The number of aromatic amines is 1. The van der Waals surface area contributed by atoms with Crippen molar-refractivity contribution in [3.63, 3.8) is 0 Å². The van der Waals surface area contributed by atoms with Gasteiger partial charge in [-0.2, -0.15) is 0 Å². The van der Waals surface area contributed by atoms with E-state index in [0.717, 1.165) is 32.6 Å². The van der Waals surface area contributed by atoms with Gasteiger partial charge in [0.1, 0.15) is 0 Å². The molecule has 0 bridgehead atoms. The monoisotopic (exact) mass is 207 g/mol. The van der Waals surface area contributed by atoms with Crippen molar-refractivity contribution in [2.24, 2.45) is 0 Å². The third-order valence-electron chi connectivity index (χ3n) is 3.26. The third kappa shape index (κ3) is 2.61. The van der Waals surface area contributed by atoms with Crippen LogP contribution in [0.5, 0.6) is 0 Å². The maximum atomic E-state index is 3.40. The second-order valence-electron chi connectivity index (χ2n) is 4.92. The Kier molecular flexibility index (Phi) is 3.12. The second-order valence-corrected chi connectivity index (χ2v) is 4.92. The first kappa shape index (κ1) is 10.7. The summed E-state index contributed by atoms with van der Waals surface area (Å²) in [6, 6.07) is 4.24. The van der Waals surface area contributed by atoms with Gasteiger partial charge in [0.2, 0.25) is 0 Å². The summed E-state index contributed by atoms with van der Waals surface area (Å²) in [6.07, 6.45) is 3.10. The van der Waals surface area contributed by atoms with E-state index >= 15 is 0 Å². The first-order chi connectivity index (χ1) is 7.18. The minimum atomic E-state index is 0.257. The van der Waals surface area contributed by atoms with Gasteiger partial charge in [0, 0.05) is 50.0 Å². The SMILES string of the molecule is CC(C)(Cc1ccc[nH]1)N1CCNCC1. The van der Waals surface area contributed by atoms with Crippen LogP contribution in [0, 0.1) is 0 Å². The van der Waals surface area contributed by atoms with E-state index in [1.165, 1.54) is 5.69 Å². The van der Waals surface area contributed by atoms with Crippen molar-refractivity contribution in [3.05, 3.63) is 24.0 Å². The molecule has 1 aromatic rings. The fourth-order valence-corrected chi connectivity index (χ4v) is 2.33. The minimum absolute atomic E-state index is 0.257. The van der Waals surface area contributed by atoms with Crippen molar-refractivity contribution in [1.82, 2.24) is 15.2 Å². The molecule has 3 heteroatoms. The first-order valence-corrected chi connectivity index (χ1v) is 5.76. The molecular weight excluding hydrogens is 186 g/mol. The van der Waals surface area contributed by atoms with Crippen LogP contribution in [0.2, 0.25) is 0 Å². The average Bonchev–Trinajstić information content (AvgIpc) is 2.71. The number of nitrogens with one attached hydrogen (secondary N) is 2. The number of aromatic nitrogens is 1. The molecule has 0 aromatic carbocycles. The van der Waals surface area contributed by atoms with Crippen LogP contribution in [0.25, 0.3) is 0 Å². The van der Waals surface area contributed by atoms with Gasteiger partial charge in [-0.3, -0.25) is 4.90 Å². The van der Waals surface area contributed by atoms with Gasteiger partial charge in [0.15, 0.2) is 0 Å². The summed E-state index contributed by atoms with van der Waals surface area (Å²) in [5.74, 6) is 0. The normalized spacial score (nSPS) is 19.3. The Morgan fingerprint density at radius 1 is 1.33 bits per heavy atom. The number of piperazine rings is 1. The summed E-state index contributed by atoms with van der Waals surface area (Å²) in [5.41, 5.74) is 1.59. The Bertz CT molecular complexity index is 284. The smallest absolute Gasteiger partial charge is 0.0208 e. The van der Waals surface area contributed by atoms with Crippen LogP contribution in [-0.4, -0.2) is 41.6 Å². The molecule has 15 heavy (non-hydrogen) atoms. The summed E-state index contributed by atoms with van der Waals surface area (Å²) in [7, 11) is 0. The van der Waals surface area contributed by atoms with Crippen LogP contribution in [0.4, 0.5) is 0 Å². The van der Waals surface area contributed by atoms with Crippen molar-refractivity contribution in [2.45, 2.75) is 25.8 Å². The van der Waals surface area contributed by atoms with E-state index in [1.54, 1.807) is 0 Å². The Hall–Kier alpha value is -0.800. The molecule has 1 aliphatic rings. The van der Waals surface area contributed by atoms with Gasteiger partial charge in [-0.15, -0.1) is 0 Å². The first-order valence-electron chi connectivity index (χ1n) is 5.76. The number of H-pyrrole nitrogens is 1. The van der Waals surface area contributed by atoms with Crippen LogP contribution in [0.3, 0.4) is 0 Å². The molecule has 2 rings (SSSR count). The molecule has 1 fully saturated rings. The highest BCUT2D eigenvalue weighted by Gasteiger charge is 2.28. The van der Waals surface area contributed by atoms with E-state index in [1.807, 2.05) is 6.20 Å². The van der Waals surface area contributed by atoms with Gasteiger partial charge in [-0.05, 0) is 26.0 Å². The van der Waals surface area contributed by atoms with Crippen LogP contribution in [0.1, 0.15) is 19.5 Å². The summed E-state index contributed by atoms with van der Waals surface area (Å²) in [5, 5.41) is 3.40. The van der Waals surface area contributed by atoms with Gasteiger partial charge >= 0.3 is 0 Å². The summed E-state index contributed by atoms with van der Waals surface area (Å²) in [6.45, 7) is 9.22. The van der Waals surface area contributed by atoms with Gasteiger partial charge in [-0.25, -0.2) is 0 Å². The highest BCUT2D eigenvalue weighted by Crippen LogP contribution is 2.19. The third-order valence-corrected chi connectivity index (χ3v) is 3.26. The van der Waals surface area contributed by atoms with Crippen LogP contribution < -0.4 is 5.32 Å². The molecule has 0 unspecified atom stereocenters. The molecule has 0 atom stereocenters. The molecule has 0 amide bonds. The Labute approximate surface area is 91.9 Å². The molecular formula is C12H21N3. The minimum Gasteiger partial charge on any atom is -0.365 e. The standard InChI is InChI=1S/C12H21N3/c1-12(2,10-11-4-3-5-14-11)15-8-6-13-7-9-15/h3-5,13-14H,6-10H2,1-2H3. The quantitative estimate of drug-likeness (QED) is 0.781. The molecule has 0 aliphatic carbocycles. The highest BCUT2D eigenvalue weighted by atomic mass is 15.2. The summed E-state index contributed by atoms with van der Waals surface area (Å²) < 4.78 is 0. The number of hydrogen-bond donors (Lipinski definition) is 2.